The SMILES string of the molecule is O=C(Nc1ccc2c(c1S)C(=O)c1ccc(NC(=O)c3ccccc3)c(S)c1C2=O)c1ccccc1. The summed E-state index contributed by atoms with van der Waals surface area (Å²) in [5, 5.41) is 5.50. The van der Waals surface area contributed by atoms with E-state index in [0.717, 1.165) is 0 Å². The Bertz CT molecular complexity index is 1450. The Hall–Kier alpha value is -4.14. The molecule has 0 saturated heterocycles. The van der Waals surface area contributed by atoms with Crippen molar-refractivity contribution >= 4 is 60.0 Å². The van der Waals surface area contributed by atoms with Crippen molar-refractivity contribution in [1.82, 2.24) is 0 Å². The molecule has 4 aromatic carbocycles. The van der Waals surface area contributed by atoms with Gasteiger partial charge in [-0.15, -0.1) is 25.3 Å². The number of thiol groups is 2. The van der Waals surface area contributed by atoms with Gasteiger partial charge in [-0.3, -0.25) is 19.2 Å². The number of carbonyl (C=O) groups excluding carboxylic acids is 4. The van der Waals surface area contributed by atoms with Gasteiger partial charge in [0.2, 0.25) is 0 Å². The first-order chi connectivity index (χ1) is 17.4. The Labute approximate surface area is 217 Å². The van der Waals surface area contributed by atoms with Crippen LogP contribution in [0.4, 0.5) is 11.4 Å². The third-order valence-corrected chi connectivity index (χ3v) is 6.80. The maximum Gasteiger partial charge on any atom is 0.255 e. The van der Waals surface area contributed by atoms with E-state index in [1.165, 1.54) is 24.3 Å². The molecule has 0 aromatic heterocycles. The number of carbonyl (C=O) groups is 4. The molecule has 1 aliphatic rings. The van der Waals surface area contributed by atoms with Gasteiger partial charge in [-0.05, 0) is 48.5 Å². The average Bonchev–Trinajstić information content (AvgIpc) is 2.90. The maximum atomic E-state index is 13.5. The summed E-state index contributed by atoms with van der Waals surface area (Å²) in [4.78, 5) is 52.5. The Morgan fingerprint density at radius 1 is 0.528 bits per heavy atom. The van der Waals surface area contributed by atoms with Gasteiger partial charge in [0, 0.05) is 43.2 Å². The van der Waals surface area contributed by atoms with E-state index in [0.29, 0.717) is 22.5 Å². The van der Waals surface area contributed by atoms with Crippen LogP contribution in [-0.2, 0) is 0 Å². The van der Waals surface area contributed by atoms with Gasteiger partial charge in [-0.2, -0.15) is 0 Å². The van der Waals surface area contributed by atoms with E-state index in [1.807, 2.05) is 0 Å². The van der Waals surface area contributed by atoms with E-state index >= 15 is 0 Å². The normalized spacial score (nSPS) is 11.9. The van der Waals surface area contributed by atoms with Crippen LogP contribution in [0.2, 0.25) is 0 Å². The zero-order chi connectivity index (χ0) is 25.4. The van der Waals surface area contributed by atoms with Gasteiger partial charge in [0.15, 0.2) is 11.6 Å². The topological polar surface area (TPSA) is 92.3 Å². The van der Waals surface area contributed by atoms with Crippen molar-refractivity contribution in [2.75, 3.05) is 10.6 Å². The molecule has 0 bridgehead atoms. The lowest BCUT2D eigenvalue weighted by molar-refractivity contribution is 0.0974. The highest BCUT2D eigenvalue weighted by molar-refractivity contribution is 7.80. The van der Waals surface area contributed by atoms with Crippen molar-refractivity contribution in [2.24, 2.45) is 0 Å². The smallest absolute Gasteiger partial charge is 0.255 e. The van der Waals surface area contributed by atoms with E-state index in [2.05, 4.69) is 35.9 Å². The molecule has 176 valence electrons. The summed E-state index contributed by atoms with van der Waals surface area (Å²) in [7, 11) is 0. The van der Waals surface area contributed by atoms with E-state index in [-0.39, 0.29) is 43.9 Å². The van der Waals surface area contributed by atoms with Crippen LogP contribution in [0.15, 0.2) is 94.7 Å². The zero-order valence-electron chi connectivity index (χ0n) is 18.6. The third-order valence-electron chi connectivity index (χ3n) is 5.87. The average molecular weight is 511 g/mol. The Morgan fingerprint density at radius 2 is 0.889 bits per heavy atom. The molecule has 6 nitrogen and oxygen atoms in total. The van der Waals surface area contributed by atoms with Crippen molar-refractivity contribution in [3.05, 3.63) is 118 Å². The predicted molar refractivity (Wildman–Crippen MR) is 143 cm³/mol. The highest BCUT2D eigenvalue weighted by Gasteiger charge is 2.34. The van der Waals surface area contributed by atoms with Crippen molar-refractivity contribution in [3.63, 3.8) is 0 Å². The van der Waals surface area contributed by atoms with E-state index in [9.17, 15) is 19.2 Å². The van der Waals surface area contributed by atoms with Gasteiger partial charge in [0.05, 0.1) is 11.4 Å². The quantitative estimate of drug-likeness (QED) is 0.239. The van der Waals surface area contributed by atoms with Crippen molar-refractivity contribution < 1.29 is 19.2 Å². The van der Waals surface area contributed by atoms with Crippen LogP contribution in [0.1, 0.15) is 52.6 Å². The fraction of sp³-hybridized carbons (Fsp3) is 0. The summed E-state index contributed by atoms with van der Waals surface area (Å²) in [6.45, 7) is 0. The molecule has 36 heavy (non-hydrogen) atoms. The first kappa shape index (κ1) is 23.6. The standard InChI is InChI=1S/C28H18N2O4S2/c31-23-18-12-14-20(30-28(34)16-9-5-2-6-10-16)26(36)22(18)24(32)17-11-13-19(25(35)21(17)23)29-27(33)15-7-3-1-4-8-15/h1-14,35-36H,(H,29,33)(H,30,34). The molecule has 1 aliphatic carbocycles. The molecule has 0 saturated carbocycles. The second kappa shape index (κ2) is 9.49. The summed E-state index contributed by atoms with van der Waals surface area (Å²) in [5.74, 6) is -1.57. The summed E-state index contributed by atoms with van der Waals surface area (Å²) >= 11 is 8.99. The Balaban J connectivity index is 1.49. The molecule has 2 amide bonds. The molecule has 5 rings (SSSR count). The fourth-order valence-electron chi connectivity index (χ4n) is 4.06. The highest BCUT2D eigenvalue weighted by Crippen LogP contribution is 2.39. The summed E-state index contributed by atoms with van der Waals surface area (Å²) < 4.78 is 0. The molecule has 0 unspecified atom stereocenters. The first-order valence-electron chi connectivity index (χ1n) is 10.9. The van der Waals surface area contributed by atoms with Crippen LogP contribution in [0.25, 0.3) is 0 Å². The van der Waals surface area contributed by atoms with Gasteiger partial charge in [-0.25, -0.2) is 0 Å². The molecule has 0 atom stereocenters. The number of hydrogen-bond donors (Lipinski definition) is 4. The van der Waals surface area contributed by atoms with Gasteiger partial charge in [0.25, 0.3) is 11.8 Å². The number of nitrogens with one attached hydrogen (secondary N) is 2. The Kier molecular flexibility index (Phi) is 6.22. The van der Waals surface area contributed by atoms with E-state index < -0.39 is 11.6 Å². The molecular formula is C28H18N2O4S2. The third kappa shape index (κ3) is 4.10. The summed E-state index contributed by atoms with van der Waals surface area (Å²) in [6.07, 6.45) is 0. The minimum atomic E-state index is -0.420. The molecule has 4 aromatic rings. The van der Waals surface area contributed by atoms with Crippen molar-refractivity contribution in [3.8, 4) is 0 Å². The number of benzene rings is 4. The second-order valence-corrected chi connectivity index (χ2v) is 8.96. The molecule has 2 N–H and O–H groups in total. The molecular weight excluding hydrogens is 492 g/mol. The number of fused-ring (bicyclic) bond motifs is 2. The number of hydrogen-bond acceptors (Lipinski definition) is 6. The van der Waals surface area contributed by atoms with Crippen molar-refractivity contribution in [2.45, 2.75) is 9.79 Å². The number of rotatable bonds is 4. The van der Waals surface area contributed by atoms with E-state index in [1.54, 1.807) is 60.7 Å². The van der Waals surface area contributed by atoms with Crippen LogP contribution in [-0.4, -0.2) is 23.4 Å². The largest absolute Gasteiger partial charge is 0.321 e. The van der Waals surface area contributed by atoms with E-state index in [4.69, 9.17) is 0 Å². The first-order valence-corrected chi connectivity index (χ1v) is 11.8. The summed E-state index contributed by atoms with van der Waals surface area (Å²) in [6, 6.07) is 23.3. The van der Waals surface area contributed by atoms with Gasteiger partial charge < -0.3 is 10.6 Å². The second-order valence-electron chi connectivity index (χ2n) is 8.07. The van der Waals surface area contributed by atoms with Crippen LogP contribution in [0.3, 0.4) is 0 Å². The van der Waals surface area contributed by atoms with Crippen LogP contribution in [0.5, 0.6) is 0 Å². The lowest BCUT2D eigenvalue weighted by Crippen LogP contribution is -2.24. The van der Waals surface area contributed by atoms with Gasteiger partial charge in [0.1, 0.15) is 0 Å². The minimum Gasteiger partial charge on any atom is -0.321 e. The maximum absolute atomic E-state index is 13.5. The number of amides is 2. The fourth-order valence-corrected chi connectivity index (χ4v) is 4.76. The molecule has 0 radical (unpaired) electrons. The summed E-state index contributed by atoms with van der Waals surface area (Å²) in [5.41, 5.74) is 2.03. The lowest BCUT2D eigenvalue weighted by atomic mass is 9.83. The monoisotopic (exact) mass is 510 g/mol. The minimum absolute atomic E-state index is 0.107. The molecule has 0 spiro atoms. The number of anilines is 2. The van der Waals surface area contributed by atoms with Crippen LogP contribution >= 0.6 is 25.3 Å². The lowest BCUT2D eigenvalue weighted by Gasteiger charge is -2.23. The molecule has 0 aliphatic heterocycles. The number of ketones is 2. The predicted octanol–water partition coefficient (Wildman–Crippen LogP) is 5.54. The van der Waals surface area contributed by atoms with Gasteiger partial charge in [-0.1, -0.05) is 36.4 Å². The zero-order valence-corrected chi connectivity index (χ0v) is 20.4. The Morgan fingerprint density at radius 3 is 1.25 bits per heavy atom. The van der Waals surface area contributed by atoms with Crippen LogP contribution in [0, 0.1) is 0 Å². The van der Waals surface area contributed by atoms with Crippen LogP contribution < -0.4 is 10.6 Å². The van der Waals surface area contributed by atoms with Crippen molar-refractivity contribution in [1.29, 1.82) is 0 Å². The van der Waals surface area contributed by atoms with Gasteiger partial charge >= 0.3 is 0 Å². The molecule has 0 fully saturated rings. The molecule has 0 heterocycles. The highest BCUT2D eigenvalue weighted by atomic mass is 32.1. The molecule has 8 heteroatoms.